The summed E-state index contributed by atoms with van der Waals surface area (Å²) in [5.74, 6) is 1.56. The van der Waals surface area contributed by atoms with Crippen molar-refractivity contribution in [3.63, 3.8) is 0 Å². The number of nitrogens with zero attached hydrogens (tertiary/aromatic N) is 4. The maximum Gasteiger partial charge on any atom is 0.208 e. The number of piperidine rings is 1. The van der Waals surface area contributed by atoms with Crippen molar-refractivity contribution < 1.29 is 4.74 Å². The highest BCUT2D eigenvalue weighted by Crippen LogP contribution is 2.26. The summed E-state index contributed by atoms with van der Waals surface area (Å²) in [4.78, 5) is 6.42. The molecule has 1 fully saturated rings. The number of ether oxygens (including phenoxy) is 1. The third-order valence-electron chi connectivity index (χ3n) is 3.84. The van der Waals surface area contributed by atoms with Gasteiger partial charge in [0.1, 0.15) is 10.8 Å². The number of hydrogen-bond donors (Lipinski definition) is 0. The zero-order chi connectivity index (χ0) is 14.7. The van der Waals surface area contributed by atoms with Gasteiger partial charge in [-0.1, -0.05) is 11.3 Å². The molecule has 0 atom stereocenters. The zero-order valence-electron chi connectivity index (χ0n) is 12.5. The number of aromatic nitrogens is 3. The van der Waals surface area contributed by atoms with Crippen LogP contribution in [0.2, 0.25) is 0 Å². The Hall–Kier alpha value is -1.69. The molecule has 21 heavy (non-hydrogen) atoms. The highest BCUT2D eigenvalue weighted by molar-refractivity contribution is 7.15. The van der Waals surface area contributed by atoms with Crippen LogP contribution in [-0.4, -0.2) is 34.9 Å². The molecule has 0 aliphatic carbocycles. The fourth-order valence-electron chi connectivity index (χ4n) is 2.54. The first kappa shape index (κ1) is 14.3. The first-order valence-electron chi connectivity index (χ1n) is 7.31. The van der Waals surface area contributed by atoms with E-state index in [1.807, 2.05) is 26.1 Å². The lowest BCUT2D eigenvalue weighted by Crippen LogP contribution is -2.35. The van der Waals surface area contributed by atoms with Gasteiger partial charge in [0.15, 0.2) is 0 Å². The summed E-state index contributed by atoms with van der Waals surface area (Å²) in [6.45, 7) is 6.89. The average molecular weight is 304 g/mol. The van der Waals surface area contributed by atoms with Gasteiger partial charge in [0, 0.05) is 31.0 Å². The Morgan fingerprint density at radius 2 is 2.10 bits per heavy atom. The second kappa shape index (κ2) is 6.39. The number of anilines is 1. The third-order valence-corrected chi connectivity index (χ3v) is 4.74. The van der Waals surface area contributed by atoms with Gasteiger partial charge >= 0.3 is 0 Å². The van der Waals surface area contributed by atoms with Gasteiger partial charge < -0.3 is 9.64 Å². The van der Waals surface area contributed by atoms with Crippen LogP contribution in [0.4, 0.5) is 5.13 Å². The molecule has 2 aromatic heterocycles. The molecule has 1 aliphatic heterocycles. The van der Waals surface area contributed by atoms with E-state index in [0.717, 1.165) is 54.0 Å². The van der Waals surface area contributed by atoms with E-state index in [1.54, 1.807) is 17.5 Å². The molecule has 0 spiro atoms. The van der Waals surface area contributed by atoms with Crippen molar-refractivity contribution in [2.75, 3.05) is 24.6 Å². The predicted octanol–water partition coefficient (Wildman–Crippen LogP) is 2.85. The van der Waals surface area contributed by atoms with Crippen molar-refractivity contribution in [3.8, 4) is 5.75 Å². The van der Waals surface area contributed by atoms with Gasteiger partial charge in [-0.2, -0.15) is 0 Å². The lowest BCUT2D eigenvalue weighted by Gasteiger charge is -2.31. The Morgan fingerprint density at radius 1 is 1.29 bits per heavy atom. The van der Waals surface area contributed by atoms with Crippen LogP contribution < -0.4 is 9.64 Å². The molecule has 0 radical (unpaired) electrons. The van der Waals surface area contributed by atoms with E-state index in [0.29, 0.717) is 5.92 Å². The van der Waals surface area contributed by atoms with Crippen molar-refractivity contribution in [1.82, 2.24) is 15.2 Å². The van der Waals surface area contributed by atoms with Crippen molar-refractivity contribution in [2.45, 2.75) is 26.7 Å². The quantitative estimate of drug-likeness (QED) is 0.869. The van der Waals surface area contributed by atoms with Gasteiger partial charge in [-0.05, 0) is 38.7 Å². The van der Waals surface area contributed by atoms with E-state index in [2.05, 4.69) is 20.1 Å². The molecule has 0 bridgehead atoms. The van der Waals surface area contributed by atoms with Gasteiger partial charge in [-0.25, -0.2) is 0 Å². The Morgan fingerprint density at radius 3 is 2.76 bits per heavy atom. The third kappa shape index (κ3) is 3.50. The SMILES string of the molecule is Cc1nnc(N2CCC(COc3ccncc3C)CC2)s1. The van der Waals surface area contributed by atoms with Gasteiger partial charge in [-0.3, -0.25) is 4.98 Å². The van der Waals surface area contributed by atoms with E-state index >= 15 is 0 Å². The number of pyridine rings is 1. The summed E-state index contributed by atoms with van der Waals surface area (Å²) in [7, 11) is 0. The predicted molar refractivity (Wildman–Crippen MR) is 84.1 cm³/mol. The summed E-state index contributed by atoms with van der Waals surface area (Å²) >= 11 is 1.67. The zero-order valence-corrected chi connectivity index (χ0v) is 13.3. The molecule has 6 heteroatoms. The monoisotopic (exact) mass is 304 g/mol. The molecule has 112 valence electrons. The molecule has 1 aliphatic rings. The van der Waals surface area contributed by atoms with Crippen LogP contribution in [-0.2, 0) is 0 Å². The van der Waals surface area contributed by atoms with E-state index in [4.69, 9.17) is 4.74 Å². The van der Waals surface area contributed by atoms with Crippen LogP contribution in [0.25, 0.3) is 0 Å². The highest BCUT2D eigenvalue weighted by atomic mass is 32.1. The molecule has 0 saturated carbocycles. The Kier molecular flexibility index (Phi) is 4.34. The number of aryl methyl sites for hydroxylation is 2. The van der Waals surface area contributed by atoms with Crippen LogP contribution in [0.15, 0.2) is 18.5 Å². The van der Waals surface area contributed by atoms with Crippen LogP contribution in [0.5, 0.6) is 5.75 Å². The first-order valence-corrected chi connectivity index (χ1v) is 8.12. The molecule has 3 rings (SSSR count). The van der Waals surface area contributed by atoms with Crippen molar-refractivity contribution in [1.29, 1.82) is 0 Å². The Bertz CT molecular complexity index is 593. The molecule has 0 N–H and O–H groups in total. The molecule has 0 amide bonds. The first-order chi connectivity index (χ1) is 10.2. The summed E-state index contributed by atoms with van der Waals surface area (Å²) in [6, 6.07) is 1.94. The van der Waals surface area contributed by atoms with Crippen LogP contribution in [0.1, 0.15) is 23.4 Å². The minimum absolute atomic E-state index is 0.614. The largest absolute Gasteiger partial charge is 0.493 e. The Balaban J connectivity index is 1.49. The average Bonchev–Trinajstić information content (AvgIpc) is 2.94. The van der Waals surface area contributed by atoms with Crippen molar-refractivity contribution in [2.24, 2.45) is 5.92 Å². The molecule has 3 heterocycles. The van der Waals surface area contributed by atoms with Crippen LogP contribution >= 0.6 is 11.3 Å². The molecule has 2 aromatic rings. The topological polar surface area (TPSA) is 51.1 Å². The fourth-order valence-corrected chi connectivity index (χ4v) is 3.27. The summed E-state index contributed by atoms with van der Waals surface area (Å²) in [5.41, 5.74) is 1.10. The molecular formula is C15H20N4OS. The van der Waals surface area contributed by atoms with Crippen LogP contribution in [0, 0.1) is 19.8 Å². The molecule has 0 aromatic carbocycles. The molecule has 5 nitrogen and oxygen atoms in total. The van der Waals surface area contributed by atoms with E-state index in [1.165, 1.54) is 0 Å². The Labute approximate surface area is 129 Å². The fraction of sp³-hybridized carbons (Fsp3) is 0.533. The van der Waals surface area contributed by atoms with Gasteiger partial charge in [0.25, 0.3) is 0 Å². The molecule has 0 unspecified atom stereocenters. The van der Waals surface area contributed by atoms with Crippen molar-refractivity contribution in [3.05, 3.63) is 29.0 Å². The summed E-state index contributed by atoms with van der Waals surface area (Å²) in [6.07, 6.45) is 5.91. The van der Waals surface area contributed by atoms with Crippen LogP contribution in [0.3, 0.4) is 0 Å². The standard InChI is InChI=1S/C15H20N4OS/c1-11-9-16-6-3-14(11)20-10-13-4-7-19(8-5-13)15-18-17-12(2)21-15/h3,6,9,13H,4-5,7-8,10H2,1-2H3. The van der Waals surface area contributed by atoms with E-state index < -0.39 is 0 Å². The number of hydrogen-bond acceptors (Lipinski definition) is 6. The second-order valence-corrected chi connectivity index (χ2v) is 6.65. The van der Waals surface area contributed by atoms with Gasteiger partial charge in [0.2, 0.25) is 5.13 Å². The normalized spacial score (nSPS) is 16.2. The van der Waals surface area contributed by atoms with E-state index in [9.17, 15) is 0 Å². The lowest BCUT2D eigenvalue weighted by atomic mass is 9.98. The summed E-state index contributed by atoms with van der Waals surface area (Å²) < 4.78 is 5.94. The van der Waals surface area contributed by atoms with Gasteiger partial charge in [0.05, 0.1) is 6.61 Å². The summed E-state index contributed by atoms with van der Waals surface area (Å²) in [5, 5.41) is 10.4. The second-order valence-electron chi connectivity index (χ2n) is 5.49. The van der Waals surface area contributed by atoms with Gasteiger partial charge in [-0.15, -0.1) is 10.2 Å². The minimum atomic E-state index is 0.614. The number of rotatable bonds is 4. The molecular weight excluding hydrogens is 284 g/mol. The minimum Gasteiger partial charge on any atom is -0.493 e. The lowest BCUT2D eigenvalue weighted by molar-refractivity contribution is 0.221. The highest BCUT2D eigenvalue weighted by Gasteiger charge is 2.22. The van der Waals surface area contributed by atoms with E-state index in [-0.39, 0.29) is 0 Å². The smallest absolute Gasteiger partial charge is 0.208 e. The van der Waals surface area contributed by atoms with Crippen molar-refractivity contribution >= 4 is 16.5 Å². The molecule has 1 saturated heterocycles. The maximum atomic E-state index is 5.94. The maximum absolute atomic E-state index is 5.94.